The highest BCUT2D eigenvalue weighted by Crippen LogP contribution is 2.42. The number of aryl methyl sites for hydroxylation is 3. The summed E-state index contributed by atoms with van der Waals surface area (Å²) < 4.78 is 55.4. The molecular weight excluding hydrogens is 342 g/mol. The van der Waals surface area contributed by atoms with Crippen molar-refractivity contribution in [3.8, 4) is 0 Å². The minimum absolute atomic E-state index is 0.197. The van der Waals surface area contributed by atoms with E-state index in [1.165, 1.54) is 6.20 Å². The molecule has 0 unspecified atom stereocenters. The fraction of sp³-hybridized carbons (Fsp3) is 0.115. The Bertz CT molecular complexity index is 1790. The summed E-state index contributed by atoms with van der Waals surface area (Å²) >= 11 is 0. The van der Waals surface area contributed by atoms with Gasteiger partial charge in [0, 0.05) is 41.4 Å². The highest BCUT2D eigenvalue weighted by atomic mass is 16.3. The van der Waals surface area contributed by atoms with Gasteiger partial charge in [-0.3, -0.25) is 4.98 Å². The van der Waals surface area contributed by atoms with Gasteiger partial charge in [-0.25, -0.2) is 0 Å². The molecule has 134 valence electrons. The van der Waals surface area contributed by atoms with E-state index in [-0.39, 0.29) is 11.1 Å². The van der Waals surface area contributed by atoms with Crippen molar-refractivity contribution in [1.82, 2.24) is 4.98 Å². The molecule has 0 radical (unpaired) electrons. The molecule has 6 aromatic rings. The fourth-order valence-electron chi connectivity index (χ4n) is 4.30. The molecule has 0 saturated heterocycles. The molecule has 0 spiro atoms. The summed E-state index contributed by atoms with van der Waals surface area (Å²) in [4.78, 5) is 4.52. The van der Waals surface area contributed by atoms with E-state index < -0.39 is 13.7 Å². The Balaban J connectivity index is 2.00. The zero-order valence-corrected chi connectivity index (χ0v) is 15.1. The summed E-state index contributed by atoms with van der Waals surface area (Å²) in [7, 11) is 0. The number of rotatable bonds is 0. The van der Waals surface area contributed by atoms with Crippen molar-refractivity contribution in [2.75, 3.05) is 0 Å². The predicted octanol–water partition coefficient (Wildman–Crippen LogP) is 7.37. The van der Waals surface area contributed by atoms with Gasteiger partial charge >= 0.3 is 0 Å². The van der Waals surface area contributed by atoms with Gasteiger partial charge in [-0.2, -0.15) is 0 Å². The minimum atomic E-state index is -2.68. The lowest BCUT2D eigenvalue weighted by Gasteiger charge is -2.13. The molecular formula is C26H19NO. The smallest absolute Gasteiger partial charge is 0.143 e. The highest BCUT2D eigenvalue weighted by Gasteiger charge is 2.18. The maximum Gasteiger partial charge on any atom is 0.143 e. The third-order valence-electron chi connectivity index (χ3n) is 5.60. The molecule has 0 aliphatic rings. The van der Waals surface area contributed by atoms with Crippen molar-refractivity contribution in [2.45, 2.75) is 20.6 Å². The second-order valence-corrected chi connectivity index (χ2v) is 7.28. The maximum atomic E-state index is 8.33. The quantitative estimate of drug-likeness (QED) is 0.262. The molecule has 0 atom stereocenters. The molecule has 2 heterocycles. The Morgan fingerprint density at radius 1 is 0.821 bits per heavy atom. The van der Waals surface area contributed by atoms with Gasteiger partial charge in [0.25, 0.3) is 0 Å². The Morgan fingerprint density at radius 2 is 1.64 bits per heavy atom. The topological polar surface area (TPSA) is 26.0 Å². The molecule has 2 heteroatoms. The monoisotopic (exact) mass is 367 g/mol. The molecule has 4 aromatic carbocycles. The second-order valence-electron chi connectivity index (χ2n) is 7.28. The number of pyridine rings is 1. The lowest BCUT2D eigenvalue weighted by molar-refractivity contribution is 0.672. The largest absolute Gasteiger partial charge is 0.455 e. The molecule has 0 N–H and O–H groups in total. The van der Waals surface area contributed by atoms with E-state index in [4.69, 9.17) is 12.6 Å². The van der Waals surface area contributed by atoms with E-state index in [0.717, 1.165) is 32.5 Å². The van der Waals surface area contributed by atoms with Crippen molar-refractivity contribution in [1.29, 1.82) is 0 Å². The zero-order valence-electron chi connectivity index (χ0n) is 21.1. The van der Waals surface area contributed by atoms with E-state index >= 15 is 0 Å². The van der Waals surface area contributed by atoms with Crippen molar-refractivity contribution in [2.24, 2.45) is 0 Å². The molecule has 0 aliphatic heterocycles. The number of nitrogens with zero attached hydrogens (tertiary/aromatic N) is 1. The van der Waals surface area contributed by atoms with Crippen LogP contribution >= 0.6 is 0 Å². The summed E-state index contributed by atoms with van der Waals surface area (Å²) in [6, 6.07) is 17.5. The van der Waals surface area contributed by atoms with Gasteiger partial charge in [0.05, 0.1) is 5.52 Å². The number of fused-ring (bicyclic) bond motifs is 10. The molecule has 6 rings (SSSR count). The summed E-state index contributed by atoms with van der Waals surface area (Å²) in [5.41, 5.74) is 2.26. The van der Waals surface area contributed by atoms with Gasteiger partial charge in [0.1, 0.15) is 11.2 Å². The summed E-state index contributed by atoms with van der Waals surface area (Å²) in [5, 5.41) is 5.09. The van der Waals surface area contributed by atoms with Crippen LogP contribution in [-0.4, -0.2) is 4.98 Å². The van der Waals surface area contributed by atoms with Crippen molar-refractivity contribution >= 4 is 54.4 Å². The average Bonchev–Trinajstić information content (AvgIpc) is 3.14. The molecule has 0 bridgehead atoms. The fourth-order valence-corrected chi connectivity index (χ4v) is 4.30. The van der Waals surface area contributed by atoms with E-state index in [1.54, 1.807) is 0 Å². The van der Waals surface area contributed by atoms with Crippen molar-refractivity contribution < 1.29 is 12.6 Å². The third-order valence-corrected chi connectivity index (χ3v) is 5.60. The SMILES string of the molecule is [2H]C([2H])([2H])c1cnc2c3ccccc3c3ccc4c5ccc(C)cc5oc4c3c2c1C([2H])([2H])[2H]. The van der Waals surface area contributed by atoms with Crippen LogP contribution in [0, 0.1) is 20.6 Å². The zero-order chi connectivity index (χ0) is 24.0. The lowest BCUT2D eigenvalue weighted by Crippen LogP contribution is -1.92. The first-order valence-corrected chi connectivity index (χ1v) is 9.15. The Morgan fingerprint density at radius 3 is 2.50 bits per heavy atom. The normalized spacial score (nSPS) is 16.2. The van der Waals surface area contributed by atoms with Crippen LogP contribution in [0.1, 0.15) is 24.9 Å². The summed E-state index contributed by atoms with van der Waals surface area (Å²) in [6.07, 6.45) is 1.19. The number of benzene rings is 4. The molecule has 0 saturated carbocycles. The van der Waals surface area contributed by atoms with E-state index in [1.807, 2.05) is 61.5 Å². The van der Waals surface area contributed by atoms with E-state index in [2.05, 4.69) is 4.98 Å². The molecule has 2 aromatic heterocycles. The number of furan rings is 1. The maximum absolute atomic E-state index is 8.33. The first-order valence-electron chi connectivity index (χ1n) is 12.2. The first-order chi connectivity index (χ1) is 16.1. The highest BCUT2D eigenvalue weighted by molar-refractivity contribution is 6.32. The Kier molecular flexibility index (Phi) is 2.06. The molecule has 28 heavy (non-hydrogen) atoms. The average molecular weight is 367 g/mol. The number of hydrogen-bond donors (Lipinski definition) is 0. The molecule has 2 nitrogen and oxygen atoms in total. The summed E-state index contributed by atoms with van der Waals surface area (Å²) in [6.45, 7) is -3.33. The third kappa shape index (κ3) is 1.90. The Labute approximate surface area is 170 Å². The first kappa shape index (κ1) is 10.8. The van der Waals surface area contributed by atoms with Crippen LogP contribution < -0.4 is 0 Å². The van der Waals surface area contributed by atoms with Crippen LogP contribution in [-0.2, 0) is 0 Å². The van der Waals surface area contributed by atoms with Crippen LogP contribution in [0.25, 0.3) is 54.4 Å². The standard InChI is InChI=1S/C26H19NO/c1-14-8-9-18-21-11-10-19-17-6-4-5-7-20(17)25-23(16(3)15(2)13-27-25)24(19)26(21)28-22(18)12-14/h4-13H,1-3H3/i2D3,3D3. The van der Waals surface area contributed by atoms with Gasteiger partial charge in [-0.05, 0) is 60.2 Å². The van der Waals surface area contributed by atoms with Crippen molar-refractivity contribution in [3.63, 3.8) is 0 Å². The number of aromatic nitrogens is 1. The Hall–Kier alpha value is -3.39. The van der Waals surface area contributed by atoms with E-state index in [9.17, 15) is 0 Å². The minimum Gasteiger partial charge on any atom is -0.455 e. The van der Waals surface area contributed by atoms with Gasteiger partial charge in [0.15, 0.2) is 0 Å². The van der Waals surface area contributed by atoms with E-state index in [0.29, 0.717) is 27.5 Å². The predicted molar refractivity (Wildman–Crippen MR) is 118 cm³/mol. The van der Waals surface area contributed by atoms with Crippen LogP contribution in [0.3, 0.4) is 0 Å². The van der Waals surface area contributed by atoms with Crippen LogP contribution in [0.4, 0.5) is 0 Å². The number of hydrogen-bond acceptors (Lipinski definition) is 2. The van der Waals surface area contributed by atoms with Crippen LogP contribution in [0.2, 0.25) is 0 Å². The molecule has 0 amide bonds. The second kappa shape index (κ2) is 5.32. The summed E-state index contributed by atoms with van der Waals surface area (Å²) in [5.74, 6) is 0. The van der Waals surface area contributed by atoms with Crippen LogP contribution in [0.15, 0.2) is 65.2 Å². The molecule has 0 fully saturated rings. The van der Waals surface area contributed by atoms with Gasteiger partial charge in [0.2, 0.25) is 0 Å². The van der Waals surface area contributed by atoms with Gasteiger partial charge in [-0.1, -0.05) is 42.5 Å². The lowest BCUT2D eigenvalue weighted by atomic mass is 9.92. The van der Waals surface area contributed by atoms with Gasteiger partial charge in [-0.15, -0.1) is 0 Å². The van der Waals surface area contributed by atoms with Gasteiger partial charge < -0.3 is 4.42 Å². The van der Waals surface area contributed by atoms with Crippen molar-refractivity contribution in [3.05, 3.63) is 77.5 Å². The van der Waals surface area contributed by atoms with Crippen LogP contribution in [0.5, 0.6) is 0 Å². The molecule has 0 aliphatic carbocycles.